The topological polar surface area (TPSA) is 80.8 Å². The minimum absolute atomic E-state index is 0.177. The van der Waals surface area contributed by atoms with Gasteiger partial charge < -0.3 is 19.7 Å². The normalized spacial score (nSPS) is 10.8. The van der Waals surface area contributed by atoms with Crippen molar-refractivity contribution in [3.05, 3.63) is 59.4 Å². The van der Waals surface area contributed by atoms with Gasteiger partial charge in [0.05, 0.1) is 17.9 Å². The highest BCUT2D eigenvalue weighted by molar-refractivity contribution is 5.96. The molecule has 168 valence electrons. The van der Waals surface area contributed by atoms with Crippen LogP contribution in [0.25, 0.3) is 0 Å². The van der Waals surface area contributed by atoms with E-state index >= 15 is 0 Å². The monoisotopic (exact) mass is 427 g/mol. The van der Waals surface area contributed by atoms with Crippen molar-refractivity contribution in [2.45, 2.75) is 40.2 Å². The molecule has 1 aromatic carbocycles. The van der Waals surface area contributed by atoms with Crippen molar-refractivity contribution in [3.63, 3.8) is 0 Å². The van der Waals surface area contributed by atoms with Crippen LogP contribution in [0.15, 0.2) is 42.6 Å². The van der Waals surface area contributed by atoms with Crippen molar-refractivity contribution in [2.24, 2.45) is 0 Å². The second kappa shape index (κ2) is 13.5. The van der Waals surface area contributed by atoms with Crippen LogP contribution in [0.5, 0.6) is 5.75 Å². The molecule has 0 spiro atoms. The lowest BCUT2D eigenvalue weighted by atomic mass is 10.2. The molecule has 0 saturated heterocycles. The van der Waals surface area contributed by atoms with Gasteiger partial charge in [-0.25, -0.2) is 9.59 Å². The number of nitrogens with one attached hydrogen (secondary N) is 1. The first kappa shape index (κ1) is 24.5. The molecule has 0 fully saturated rings. The van der Waals surface area contributed by atoms with Crippen molar-refractivity contribution in [1.82, 2.24) is 15.2 Å². The maximum absolute atomic E-state index is 12.6. The summed E-state index contributed by atoms with van der Waals surface area (Å²) >= 11 is 0. The number of unbranched alkanes of at least 4 members (excludes halogenated alkanes) is 1. The predicted molar refractivity (Wildman–Crippen MR) is 120 cm³/mol. The van der Waals surface area contributed by atoms with Gasteiger partial charge >= 0.3 is 11.9 Å². The number of pyridine rings is 1. The first-order valence-electron chi connectivity index (χ1n) is 10.9. The number of carbonyl (C=O) groups excluding carboxylic acids is 2. The van der Waals surface area contributed by atoms with Crippen LogP contribution in [-0.4, -0.2) is 54.6 Å². The fourth-order valence-electron chi connectivity index (χ4n) is 3.14. The molecule has 2 rings (SSSR count). The summed E-state index contributed by atoms with van der Waals surface area (Å²) in [6.07, 6.45) is 3.82. The number of hydrogen-bond acceptors (Lipinski definition) is 7. The van der Waals surface area contributed by atoms with Crippen LogP contribution in [0, 0.1) is 0 Å². The van der Waals surface area contributed by atoms with E-state index in [0.29, 0.717) is 12.1 Å². The summed E-state index contributed by atoms with van der Waals surface area (Å²) in [5.41, 5.74) is 1.36. The number of aromatic nitrogens is 1. The van der Waals surface area contributed by atoms with Crippen molar-refractivity contribution in [2.75, 3.05) is 32.8 Å². The van der Waals surface area contributed by atoms with Crippen LogP contribution in [0.1, 0.15) is 60.0 Å². The Balaban J connectivity index is 1.88. The standard InChI is InChI=1S/C24H33N3O4/c1-4-27(5-2)16-10-9-14-25-18-20-17-19(13-15-26-20)23(28)31-22-12-8-7-11-21(22)24(29)30-6-3/h7-8,11-13,15,17,25H,4-6,9-10,14,16,18H2,1-3H3. The molecular formula is C24H33N3O4. The van der Waals surface area contributed by atoms with Crippen LogP contribution < -0.4 is 10.1 Å². The van der Waals surface area contributed by atoms with Gasteiger partial charge in [-0.15, -0.1) is 0 Å². The molecule has 0 saturated carbocycles. The summed E-state index contributed by atoms with van der Waals surface area (Å²) in [5, 5.41) is 3.37. The number of hydrogen-bond donors (Lipinski definition) is 1. The molecule has 1 aromatic heterocycles. The van der Waals surface area contributed by atoms with E-state index in [4.69, 9.17) is 9.47 Å². The quantitative estimate of drug-likeness (QED) is 0.297. The molecule has 31 heavy (non-hydrogen) atoms. The second-order valence-corrected chi connectivity index (χ2v) is 7.05. The van der Waals surface area contributed by atoms with Gasteiger partial charge in [-0.2, -0.15) is 0 Å². The molecule has 7 nitrogen and oxygen atoms in total. The SMILES string of the molecule is CCOC(=O)c1ccccc1OC(=O)c1ccnc(CNCCCCN(CC)CC)c1. The van der Waals surface area contributed by atoms with Gasteiger partial charge in [-0.05, 0) is 70.2 Å². The highest BCUT2D eigenvalue weighted by atomic mass is 16.5. The van der Waals surface area contributed by atoms with Crippen LogP contribution in [0.4, 0.5) is 0 Å². The third kappa shape index (κ3) is 8.11. The summed E-state index contributed by atoms with van der Waals surface area (Å²) in [6, 6.07) is 9.85. The number of nitrogens with zero attached hydrogens (tertiary/aromatic N) is 2. The molecule has 1 heterocycles. The van der Waals surface area contributed by atoms with Gasteiger partial charge in [-0.3, -0.25) is 4.98 Å². The molecule has 0 amide bonds. The summed E-state index contributed by atoms with van der Waals surface area (Å²) < 4.78 is 10.5. The number of esters is 2. The Morgan fingerprint density at radius 2 is 1.81 bits per heavy atom. The number of para-hydroxylation sites is 1. The molecule has 0 aliphatic carbocycles. The Hall–Kier alpha value is -2.77. The van der Waals surface area contributed by atoms with Gasteiger partial charge in [-0.1, -0.05) is 26.0 Å². The maximum atomic E-state index is 12.6. The molecule has 0 aliphatic rings. The van der Waals surface area contributed by atoms with E-state index in [1.165, 1.54) is 0 Å². The first-order chi connectivity index (χ1) is 15.1. The van der Waals surface area contributed by atoms with E-state index in [-0.39, 0.29) is 17.9 Å². The highest BCUT2D eigenvalue weighted by Gasteiger charge is 2.17. The zero-order chi connectivity index (χ0) is 22.5. The van der Waals surface area contributed by atoms with Crippen molar-refractivity contribution in [1.29, 1.82) is 0 Å². The Bertz CT molecular complexity index is 837. The third-order valence-corrected chi connectivity index (χ3v) is 4.92. The number of carbonyl (C=O) groups is 2. The number of rotatable bonds is 13. The molecular weight excluding hydrogens is 394 g/mol. The van der Waals surface area contributed by atoms with E-state index in [2.05, 4.69) is 29.0 Å². The fourth-order valence-corrected chi connectivity index (χ4v) is 3.14. The van der Waals surface area contributed by atoms with Gasteiger partial charge in [0.1, 0.15) is 11.3 Å². The summed E-state index contributed by atoms with van der Waals surface area (Å²) in [6.45, 7) is 11.1. The third-order valence-electron chi connectivity index (χ3n) is 4.92. The van der Waals surface area contributed by atoms with Crippen LogP contribution in [0.3, 0.4) is 0 Å². The van der Waals surface area contributed by atoms with Gasteiger partial charge in [0.2, 0.25) is 0 Å². The smallest absolute Gasteiger partial charge is 0.343 e. The zero-order valence-corrected chi connectivity index (χ0v) is 18.7. The van der Waals surface area contributed by atoms with Crippen LogP contribution in [-0.2, 0) is 11.3 Å². The van der Waals surface area contributed by atoms with Gasteiger partial charge in [0.15, 0.2) is 0 Å². The van der Waals surface area contributed by atoms with E-state index in [9.17, 15) is 9.59 Å². The Morgan fingerprint density at radius 1 is 1.03 bits per heavy atom. The maximum Gasteiger partial charge on any atom is 0.343 e. The number of ether oxygens (including phenoxy) is 2. The fraction of sp³-hybridized carbons (Fsp3) is 0.458. The van der Waals surface area contributed by atoms with Gasteiger partial charge in [0, 0.05) is 12.7 Å². The van der Waals surface area contributed by atoms with Crippen LogP contribution >= 0.6 is 0 Å². The molecule has 0 radical (unpaired) electrons. The summed E-state index contributed by atoms with van der Waals surface area (Å²) in [4.78, 5) is 31.4. The predicted octanol–water partition coefficient (Wildman–Crippen LogP) is 3.69. The summed E-state index contributed by atoms with van der Waals surface area (Å²) in [5.74, 6) is -0.887. The Morgan fingerprint density at radius 3 is 2.55 bits per heavy atom. The molecule has 1 N–H and O–H groups in total. The molecule has 0 bridgehead atoms. The molecule has 2 aromatic rings. The average molecular weight is 428 g/mol. The van der Waals surface area contributed by atoms with E-state index in [0.717, 1.165) is 44.7 Å². The molecule has 7 heteroatoms. The Labute approximate surface area is 184 Å². The minimum Gasteiger partial charge on any atom is -0.462 e. The zero-order valence-electron chi connectivity index (χ0n) is 18.7. The van der Waals surface area contributed by atoms with Crippen molar-refractivity contribution in [3.8, 4) is 5.75 Å². The highest BCUT2D eigenvalue weighted by Crippen LogP contribution is 2.20. The largest absolute Gasteiger partial charge is 0.462 e. The average Bonchev–Trinajstić information content (AvgIpc) is 2.79. The Kier molecular flexibility index (Phi) is 10.7. The van der Waals surface area contributed by atoms with E-state index in [1.807, 2.05) is 0 Å². The number of benzene rings is 1. The van der Waals surface area contributed by atoms with Gasteiger partial charge in [0.25, 0.3) is 0 Å². The van der Waals surface area contributed by atoms with Crippen molar-refractivity contribution >= 4 is 11.9 Å². The molecule has 0 aliphatic heterocycles. The lowest BCUT2D eigenvalue weighted by Crippen LogP contribution is -2.25. The lowest BCUT2D eigenvalue weighted by Gasteiger charge is -2.17. The minimum atomic E-state index is -0.542. The van der Waals surface area contributed by atoms with Crippen molar-refractivity contribution < 1.29 is 19.1 Å². The van der Waals surface area contributed by atoms with E-state index < -0.39 is 11.9 Å². The van der Waals surface area contributed by atoms with E-state index in [1.54, 1.807) is 49.5 Å². The first-order valence-corrected chi connectivity index (χ1v) is 10.9. The lowest BCUT2D eigenvalue weighted by molar-refractivity contribution is 0.0520. The summed E-state index contributed by atoms with van der Waals surface area (Å²) in [7, 11) is 0. The second-order valence-electron chi connectivity index (χ2n) is 7.05. The molecule has 0 atom stereocenters. The van der Waals surface area contributed by atoms with Crippen LogP contribution in [0.2, 0.25) is 0 Å². The molecule has 0 unspecified atom stereocenters.